The third kappa shape index (κ3) is 3.84. The summed E-state index contributed by atoms with van der Waals surface area (Å²) in [7, 11) is 0. The van der Waals surface area contributed by atoms with E-state index >= 15 is 0 Å². The van der Waals surface area contributed by atoms with Gasteiger partial charge in [0.1, 0.15) is 0 Å². The van der Waals surface area contributed by atoms with Crippen LogP contribution in [0.15, 0.2) is 30.5 Å². The summed E-state index contributed by atoms with van der Waals surface area (Å²) < 4.78 is 7.71. The van der Waals surface area contributed by atoms with Gasteiger partial charge in [-0.1, -0.05) is 12.1 Å². The molecule has 1 aromatic heterocycles. The average Bonchev–Trinajstić information content (AvgIpc) is 2.80. The van der Waals surface area contributed by atoms with E-state index in [1.807, 2.05) is 6.92 Å². The van der Waals surface area contributed by atoms with Gasteiger partial charge in [0.05, 0.1) is 6.61 Å². The maximum absolute atomic E-state index is 5.44. The van der Waals surface area contributed by atoms with E-state index in [1.54, 1.807) is 0 Å². The molecule has 3 nitrogen and oxygen atoms in total. The van der Waals surface area contributed by atoms with Gasteiger partial charge in [-0.3, -0.25) is 0 Å². The molecule has 1 aromatic carbocycles. The number of fused-ring (bicyclic) bond motifs is 1. The normalized spacial score (nSPS) is 12.2. The van der Waals surface area contributed by atoms with Crippen molar-refractivity contribution in [1.29, 1.82) is 0 Å². The van der Waals surface area contributed by atoms with Crippen molar-refractivity contribution < 1.29 is 4.74 Å². The number of hydrogen-bond donors (Lipinski definition) is 1. The van der Waals surface area contributed by atoms with E-state index in [1.165, 1.54) is 16.5 Å². The van der Waals surface area contributed by atoms with Crippen LogP contribution >= 0.6 is 0 Å². The van der Waals surface area contributed by atoms with E-state index < -0.39 is 0 Å². The zero-order chi connectivity index (χ0) is 14.6. The number of ether oxygens (including phenoxy) is 1. The quantitative estimate of drug-likeness (QED) is 0.815. The van der Waals surface area contributed by atoms with Gasteiger partial charge >= 0.3 is 0 Å². The molecule has 0 radical (unpaired) electrons. The molecular formula is C17H26N2O. The fraction of sp³-hybridized carbons (Fsp3) is 0.529. The van der Waals surface area contributed by atoms with Crippen molar-refractivity contribution in [3.05, 3.63) is 36.0 Å². The van der Waals surface area contributed by atoms with Crippen molar-refractivity contribution in [3.8, 4) is 0 Å². The number of benzene rings is 1. The van der Waals surface area contributed by atoms with Crippen molar-refractivity contribution in [1.82, 2.24) is 9.88 Å². The molecule has 0 fully saturated rings. The van der Waals surface area contributed by atoms with E-state index in [-0.39, 0.29) is 5.54 Å². The van der Waals surface area contributed by atoms with Crippen LogP contribution in [0.25, 0.3) is 10.9 Å². The number of aromatic nitrogens is 1. The summed E-state index contributed by atoms with van der Waals surface area (Å²) in [4.78, 5) is 0. The molecule has 0 bridgehead atoms. The van der Waals surface area contributed by atoms with Gasteiger partial charge in [0, 0.05) is 42.3 Å². The van der Waals surface area contributed by atoms with Gasteiger partial charge in [-0.25, -0.2) is 0 Å². The van der Waals surface area contributed by atoms with Crippen LogP contribution in [-0.2, 0) is 17.8 Å². The van der Waals surface area contributed by atoms with Gasteiger partial charge in [-0.15, -0.1) is 0 Å². The van der Waals surface area contributed by atoms with Crippen LogP contribution in [0.2, 0.25) is 0 Å². The fourth-order valence-corrected chi connectivity index (χ4v) is 2.30. The van der Waals surface area contributed by atoms with E-state index in [4.69, 9.17) is 4.74 Å². The second-order valence-electron chi connectivity index (χ2n) is 6.16. The van der Waals surface area contributed by atoms with Crippen LogP contribution in [0.5, 0.6) is 0 Å². The minimum absolute atomic E-state index is 0.139. The molecule has 0 aliphatic rings. The minimum Gasteiger partial charge on any atom is -0.380 e. The lowest BCUT2D eigenvalue weighted by atomic mass is 10.1. The summed E-state index contributed by atoms with van der Waals surface area (Å²) >= 11 is 0. The van der Waals surface area contributed by atoms with Gasteiger partial charge in [0.25, 0.3) is 0 Å². The van der Waals surface area contributed by atoms with Crippen LogP contribution in [0.4, 0.5) is 0 Å². The maximum atomic E-state index is 5.44. The Balaban J connectivity index is 2.17. The Bertz CT molecular complexity index is 552. The number of hydrogen-bond acceptors (Lipinski definition) is 2. The molecule has 20 heavy (non-hydrogen) atoms. The van der Waals surface area contributed by atoms with Crippen LogP contribution in [0.3, 0.4) is 0 Å². The molecule has 0 amide bonds. The number of nitrogens with one attached hydrogen (secondary N) is 1. The third-order valence-corrected chi connectivity index (χ3v) is 3.39. The number of rotatable bonds is 6. The lowest BCUT2D eigenvalue weighted by Gasteiger charge is -2.21. The Labute approximate surface area is 121 Å². The largest absolute Gasteiger partial charge is 0.380 e. The Morgan fingerprint density at radius 1 is 1.20 bits per heavy atom. The highest BCUT2D eigenvalue weighted by molar-refractivity contribution is 5.83. The van der Waals surface area contributed by atoms with Gasteiger partial charge in [0.15, 0.2) is 0 Å². The van der Waals surface area contributed by atoms with Crippen molar-refractivity contribution >= 4 is 10.9 Å². The van der Waals surface area contributed by atoms with E-state index in [0.29, 0.717) is 0 Å². The lowest BCUT2D eigenvalue weighted by molar-refractivity contribution is 0.140. The van der Waals surface area contributed by atoms with Crippen molar-refractivity contribution in [2.75, 3.05) is 13.2 Å². The third-order valence-electron chi connectivity index (χ3n) is 3.39. The molecule has 2 rings (SSSR count). The Morgan fingerprint density at radius 3 is 2.70 bits per heavy atom. The highest BCUT2D eigenvalue weighted by Crippen LogP contribution is 2.21. The monoisotopic (exact) mass is 274 g/mol. The summed E-state index contributed by atoms with van der Waals surface area (Å²) in [6.07, 6.45) is 2.16. The molecule has 0 aliphatic heterocycles. The van der Waals surface area contributed by atoms with E-state index in [2.05, 4.69) is 61.1 Å². The topological polar surface area (TPSA) is 26.2 Å². The highest BCUT2D eigenvalue weighted by Gasteiger charge is 2.10. The zero-order valence-electron chi connectivity index (χ0n) is 13.1. The molecule has 1 heterocycles. The second-order valence-corrected chi connectivity index (χ2v) is 6.16. The number of nitrogens with zero attached hydrogens (tertiary/aromatic N) is 1. The zero-order valence-corrected chi connectivity index (χ0v) is 13.1. The second kappa shape index (κ2) is 6.42. The highest BCUT2D eigenvalue weighted by atomic mass is 16.5. The molecule has 0 unspecified atom stereocenters. The molecule has 3 heteroatoms. The first-order chi connectivity index (χ1) is 9.51. The predicted molar refractivity (Wildman–Crippen MR) is 85.0 cm³/mol. The summed E-state index contributed by atoms with van der Waals surface area (Å²) in [5.41, 5.74) is 2.78. The van der Waals surface area contributed by atoms with Gasteiger partial charge in [-0.2, -0.15) is 0 Å². The molecule has 0 saturated carbocycles. The average molecular weight is 274 g/mol. The van der Waals surface area contributed by atoms with Crippen LogP contribution < -0.4 is 5.32 Å². The first-order valence-electron chi connectivity index (χ1n) is 7.41. The maximum Gasteiger partial charge on any atom is 0.0645 e. The van der Waals surface area contributed by atoms with Crippen LogP contribution in [-0.4, -0.2) is 23.3 Å². The molecule has 2 aromatic rings. The summed E-state index contributed by atoms with van der Waals surface area (Å²) in [6.45, 7) is 12.0. The summed E-state index contributed by atoms with van der Waals surface area (Å²) in [5, 5.41) is 4.89. The molecule has 0 saturated heterocycles. The van der Waals surface area contributed by atoms with Gasteiger partial charge in [0.2, 0.25) is 0 Å². The van der Waals surface area contributed by atoms with Crippen molar-refractivity contribution in [2.24, 2.45) is 0 Å². The fourth-order valence-electron chi connectivity index (χ4n) is 2.30. The first kappa shape index (κ1) is 15.1. The molecular weight excluding hydrogens is 248 g/mol. The lowest BCUT2D eigenvalue weighted by Crippen LogP contribution is -2.35. The van der Waals surface area contributed by atoms with Gasteiger partial charge in [-0.05, 0) is 45.4 Å². The summed E-state index contributed by atoms with van der Waals surface area (Å²) in [6, 6.07) is 8.73. The minimum atomic E-state index is 0.139. The Hall–Kier alpha value is -1.32. The standard InChI is InChI=1S/C17H26N2O/c1-5-20-12-11-19-10-9-15-14(7-6-8-16(15)19)13-18-17(2,3)4/h6-10,18H,5,11-13H2,1-4H3. The van der Waals surface area contributed by atoms with Gasteiger partial charge < -0.3 is 14.6 Å². The molecule has 110 valence electrons. The first-order valence-corrected chi connectivity index (χ1v) is 7.41. The van der Waals surface area contributed by atoms with Crippen molar-refractivity contribution in [3.63, 3.8) is 0 Å². The SMILES string of the molecule is CCOCCn1ccc2c(CNC(C)(C)C)cccc21. The molecule has 0 aliphatic carbocycles. The Morgan fingerprint density at radius 2 is 2.00 bits per heavy atom. The van der Waals surface area contributed by atoms with Crippen LogP contribution in [0.1, 0.15) is 33.3 Å². The molecule has 0 atom stereocenters. The summed E-state index contributed by atoms with van der Waals surface area (Å²) in [5.74, 6) is 0. The smallest absolute Gasteiger partial charge is 0.0645 e. The Kier molecular flexibility index (Phi) is 4.84. The van der Waals surface area contributed by atoms with Crippen LogP contribution in [0, 0.1) is 0 Å². The van der Waals surface area contributed by atoms with E-state index in [0.717, 1.165) is 26.3 Å². The predicted octanol–water partition coefficient (Wildman–Crippen LogP) is 3.57. The van der Waals surface area contributed by atoms with E-state index in [9.17, 15) is 0 Å². The molecule has 1 N–H and O–H groups in total. The van der Waals surface area contributed by atoms with Crippen molar-refractivity contribution in [2.45, 2.75) is 46.3 Å². The molecule has 0 spiro atoms.